The van der Waals surface area contributed by atoms with E-state index in [2.05, 4.69) is 0 Å². The smallest absolute Gasteiger partial charge is 0.410 e. The normalized spacial score (nSPS) is 21.6. The summed E-state index contributed by atoms with van der Waals surface area (Å²) in [6, 6.07) is 6.81. The molecule has 1 fully saturated rings. The predicted molar refractivity (Wildman–Crippen MR) is 91.5 cm³/mol. The second kappa shape index (κ2) is 7.51. The molecule has 24 heavy (non-hydrogen) atoms. The van der Waals surface area contributed by atoms with Gasteiger partial charge in [-0.3, -0.25) is 0 Å². The molecule has 0 radical (unpaired) electrons. The SMILES string of the molecule is COCC1(Cc2ccccc2F)CCCN(C(=O)OC(C)(C)C)C1. The second-order valence-corrected chi connectivity index (χ2v) is 7.71. The third-order valence-electron chi connectivity index (χ3n) is 4.29. The van der Waals surface area contributed by atoms with Gasteiger partial charge in [-0.15, -0.1) is 0 Å². The zero-order chi connectivity index (χ0) is 17.8. The van der Waals surface area contributed by atoms with E-state index in [0.29, 0.717) is 31.7 Å². The van der Waals surface area contributed by atoms with Gasteiger partial charge in [0.2, 0.25) is 0 Å². The van der Waals surface area contributed by atoms with Gasteiger partial charge in [0.25, 0.3) is 0 Å². The Hall–Kier alpha value is -1.62. The molecule has 0 saturated carbocycles. The lowest BCUT2D eigenvalue weighted by Gasteiger charge is -2.42. The van der Waals surface area contributed by atoms with Crippen LogP contribution in [0, 0.1) is 11.2 Å². The van der Waals surface area contributed by atoms with Gasteiger partial charge in [-0.25, -0.2) is 9.18 Å². The third kappa shape index (κ3) is 4.94. The van der Waals surface area contributed by atoms with E-state index in [-0.39, 0.29) is 17.3 Å². The Balaban J connectivity index is 2.16. The highest BCUT2D eigenvalue weighted by Crippen LogP contribution is 2.35. The van der Waals surface area contributed by atoms with E-state index in [0.717, 1.165) is 12.8 Å². The fourth-order valence-corrected chi connectivity index (χ4v) is 3.36. The molecular formula is C19H28FNO3. The first-order chi connectivity index (χ1) is 11.2. The average Bonchev–Trinajstić information content (AvgIpc) is 2.48. The van der Waals surface area contributed by atoms with E-state index in [1.54, 1.807) is 24.1 Å². The fraction of sp³-hybridized carbons (Fsp3) is 0.632. The van der Waals surface area contributed by atoms with Crippen molar-refractivity contribution in [2.24, 2.45) is 5.41 Å². The van der Waals surface area contributed by atoms with Crippen LogP contribution in [-0.2, 0) is 15.9 Å². The minimum atomic E-state index is -0.524. The molecule has 0 aromatic heterocycles. The van der Waals surface area contributed by atoms with Crippen molar-refractivity contribution in [1.29, 1.82) is 0 Å². The fourth-order valence-electron chi connectivity index (χ4n) is 3.36. The lowest BCUT2D eigenvalue weighted by molar-refractivity contribution is -0.0160. The molecule has 1 unspecified atom stereocenters. The summed E-state index contributed by atoms with van der Waals surface area (Å²) < 4.78 is 25.0. The summed E-state index contributed by atoms with van der Waals surface area (Å²) in [6.45, 7) is 7.24. The van der Waals surface area contributed by atoms with Crippen LogP contribution in [0.3, 0.4) is 0 Å². The minimum Gasteiger partial charge on any atom is -0.444 e. The van der Waals surface area contributed by atoms with Gasteiger partial charge < -0.3 is 14.4 Å². The molecule has 1 aliphatic heterocycles. The summed E-state index contributed by atoms with van der Waals surface area (Å²) in [5, 5.41) is 0. The zero-order valence-electron chi connectivity index (χ0n) is 15.1. The maximum absolute atomic E-state index is 14.1. The van der Waals surface area contributed by atoms with Gasteiger partial charge in [-0.1, -0.05) is 18.2 Å². The molecule has 1 aliphatic rings. The van der Waals surface area contributed by atoms with Gasteiger partial charge in [0, 0.05) is 25.6 Å². The minimum absolute atomic E-state index is 0.206. The lowest BCUT2D eigenvalue weighted by Crippen LogP contribution is -2.50. The van der Waals surface area contributed by atoms with Crippen molar-refractivity contribution in [3.8, 4) is 0 Å². The van der Waals surface area contributed by atoms with E-state index >= 15 is 0 Å². The number of likely N-dealkylation sites (tertiary alicyclic amines) is 1. The Labute approximate surface area is 143 Å². The number of benzene rings is 1. The van der Waals surface area contributed by atoms with E-state index < -0.39 is 5.60 Å². The van der Waals surface area contributed by atoms with Crippen LogP contribution in [-0.4, -0.2) is 43.4 Å². The molecule has 4 nitrogen and oxygen atoms in total. The number of rotatable bonds is 4. The number of piperidine rings is 1. The number of ether oxygens (including phenoxy) is 2. The molecule has 1 atom stereocenters. The number of amides is 1. The monoisotopic (exact) mass is 337 g/mol. The van der Waals surface area contributed by atoms with Crippen molar-refractivity contribution < 1.29 is 18.7 Å². The van der Waals surface area contributed by atoms with E-state index in [1.807, 2.05) is 26.8 Å². The first-order valence-corrected chi connectivity index (χ1v) is 8.45. The molecule has 1 aromatic carbocycles. The van der Waals surface area contributed by atoms with E-state index in [1.165, 1.54) is 6.07 Å². The molecular weight excluding hydrogens is 309 g/mol. The Kier molecular flexibility index (Phi) is 5.86. The molecule has 0 bridgehead atoms. The van der Waals surface area contributed by atoms with Crippen LogP contribution < -0.4 is 0 Å². The first-order valence-electron chi connectivity index (χ1n) is 8.45. The van der Waals surface area contributed by atoms with Crippen LogP contribution in [0.5, 0.6) is 0 Å². The highest BCUT2D eigenvalue weighted by molar-refractivity contribution is 5.68. The van der Waals surface area contributed by atoms with Crippen molar-refractivity contribution in [3.05, 3.63) is 35.6 Å². The average molecular weight is 337 g/mol. The summed E-state index contributed by atoms with van der Waals surface area (Å²) in [7, 11) is 1.65. The highest BCUT2D eigenvalue weighted by atomic mass is 19.1. The standard InChI is InChI=1S/C19H28FNO3/c1-18(2,3)24-17(22)21-11-7-10-19(13-21,14-23-4)12-15-8-5-6-9-16(15)20/h5-6,8-9H,7,10-14H2,1-4H3. The van der Waals surface area contributed by atoms with Crippen molar-refractivity contribution in [1.82, 2.24) is 4.90 Å². The third-order valence-corrected chi connectivity index (χ3v) is 4.29. The van der Waals surface area contributed by atoms with Crippen molar-refractivity contribution in [2.45, 2.75) is 45.6 Å². The van der Waals surface area contributed by atoms with Gasteiger partial charge in [0.05, 0.1) is 6.61 Å². The highest BCUT2D eigenvalue weighted by Gasteiger charge is 2.39. The molecule has 5 heteroatoms. The Morgan fingerprint density at radius 2 is 2.04 bits per heavy atom. The zero-order valence-corrected chi connectivity index (χ0v) is 15.1. The van der Waals surface area contributed by atoms with Gasteiger partial charge in [0.15, 0.2) is 0 Å². The number of methoxy groups -OCH3 is 1. The summed E-state index contributed by atoms with van der Waals surface area (Å²) in [6.07, 6.45) is 1.99. The summed E-state index contributed by atoms with van der Waals surface area (Å²) >= 11 is 0. The van der Waals surface area contributed by atoms with Crippen LogP contribution >= 0.6 is 0 Å². The molecule has 1 amide bonds. The van der Waals surface area contributed by atoms with Crippen LogP contribution in [0.2, 0.25) is 0 Å². The molecule has 1 heterocycles. The van der Waals surface area contributed by atoms with Crippen LogP contribution in [0.15, 0.2) is 24.3 Å². The van der Waals surface area contributed by atoms with Gasteiger partial charge >= 0.3 is 6.09 Å². The molecule has 134 valence electrons. The maximum Gasteiger partial charge on any atom is 0.410 e. The van der Waals surface area contributed by atoms with Crippen molar-refractivity contribution in [3.63, 3.8) is 0 Å². The molecule has 1 saturated heterocycles. The molecule has 1 aromatic rings. The van der Waals surface area contributed by atoms with Gasteiger partial charge in [0.1, 0.15) is 11.4 Å². The topological polar surface area (TPSA) is 38.8 Å². The lowest BCUT2D eigenvalue weighted by atomic mass is 9.75. The second-order valence-electron chi connectivity index (χ2n) is 7.71. The van der Waals surface area contributed by atoms with E-state index in [9.17, 15) is 9.18 Å². The van der Waals surface area contributed by atoms with Crippen molar-refractivity contribution >= 4 is 6.09 Å². The number of nitrogens with zero attached hydrogens (tertiary/aromatic N) is 1. The van der Waals surface area contributed by atoms with Crippen LogP contribution in [0.25, 0.3) is 0 Å². The molecule has 0 spiro atoms. The number of halogens is 1. The molecule has 0 aliphatic carbocycles. The van der Waals surface area contributed by atoms with Gasteiger partial charge in [-0.05, 0) is 51.7 Å². The number of carbonyl (C=O) groups excluding carboxylic acids is 1. The van der Waals surface area contributed by atoms with Crippen LogP contribution in [0.1, 0.15) is 39.2 Å². The summed E-state index contributed by atoms with van der Waals surface area (Å²) in [5.41, 5.74) is -0.142. The summed E-state index contributed by atoms with van der Waals surface area (Å²) in [5.74, 6) is -0.206. The number of carbonyl (C=O) groups is 1. The Bertz CT molecular complexity index is 566. The molecule has 2 rings (SSSR count). The Morgan fingerprint density at radius 3 is 2.67 bits per heavy atom. The largest absolute Gasteiger partial charge is 0.444 e. The maximum atomic E-state index is 14.1. The number of hydrogen-bond donors (Lipinski definition) is 0. The van der Waals surface area contributed by atoms with Crippen LogP contribution in [0.4, 0.5) is 9.18 Å². The molecule has 0 N–H and O–H groups in total. The quantitative estimate of drug-likeness (QED) is 0.832. The Morgan fingerprint density at radius 1 is 1.33 bits per heavy atom. The summed E-state index contributed by atoms with van der Waals surface area (Å²) in [4.78, 5) is 14.1. The van der Waals surface area contributed by atoms with E-state index in [4.69, 9.17) is 9.47 Å². The first kappa shape index (κ1) is 18.7. The predicted octanol–water partition coefficient (Wildman–Crippen LogP) is 4.03. The number of hydrogen-bond acceptors (Lipinski definition) is 3. The van der Waals surface area contributed by atoms with Gasteiger partial charge in [-0.2, -0.15) is 0 Å². The van der Waals surface area contributed by atoms with Crippen molar-refractivity contribution in [2.75, 3.05) is 26.8 Å².